The Balaban J connectivity index is 2.61. The standard InChI is InChI=1S/C12H16ClNO2/c1-8(2)16-10-5-3-9(4-6-10)7-11(13)12(14)15/h3-6,8,11H,7H2,1-2H3,(H2,14,15). The lowest BCUT2D eigenvalue weighted by Crippen LogP contribution is -2.25. The Hall–Kier alpha value is -1.22. The second-order valence-electron chi connectivity index (χ2n) is 3.88. The number of rotatable bonds is 5. The van der Waals surface area contributed by atoms with E-state index >= 15 is 0 Å². The van der Waals surface area contributed by atoms with E-state index in [1.807, 2.05) is 38.1 Å². The zero-order valence-electron chi connectivity index (χ0n) is 9.44. The summed E-state index contributed by atoms with van der Waals surface area (Å²) in [6, 6.07) is 7.49. The summed E-state index contributed by atoms with van der Waals surface area (Å²) < 4.78 is 5.50. The van der Waals surface area contributed by atoms with Crippen LogP contribution >= 0.6 is 11.6 Å². The lowest BCUT2D eigenvalue weighted by Gasteiger charge is -2.10. The fourth-order valence-electron chi connectivity index (χ4n) is 1.28. The predicted octanol–water partition coefficient (Wildman–Crippen LogP) is 2.11. The summed E-state index contributed by atoms with van der Waals surface area (Å²) in [5, 5.41) is -0.656. The van der Waals surface area contributed by atoms with Crippen LogP contribution in [0, 0.1) is 0 Å². The maximum Gasteiger partial charge on any atom is 0.235 e. The molecule has 0 spiro atoms. The van der Waals surface area contributed by atoms with E-state index in [4.69, 9.17) is 22.1 Å². The van der Waals surface area contributed by atoms with Crippen LogP contribution in [0.5, 0.6) is 5.75 Å². The Morgan fingerprint density at radius 2 is 1.94 bits per heavy atom. The Bertz CT molecular complexity index is 349. The summed E-state index contributed by atoms with van der Waals surface area (Å²) in [6.45, 7) is 3.94. The molecule has 1 atom stereocenters. The third kappa shape index (κ3) is 4.11. The average Bonchev–Trinajstić information content (AvgIpc) is 2.20. The van der Waals surface area contributed by atoms with Gasteiger partial charge in [-0.2, -0.15) is 0 Å². The Labute approximate surface area is 101 Å². The van der Waals surface area contributed by atoms with Crippen LogP contribution in [0.2, 0.25) is 0 Å². The highest BCUT2D eigenvalue weighted by Crippen LogP contribution is 2.16. The maximum atomic E-state index is 10.8. The normalized spacial score (nSPS) is 12.5. The van der Waals surface area contributed by atoms with Crippen LogP contribution in [-0.2, 0) is 11.2 Å². The summed E-state index contributed by atoms with van der Waals surface area (Å²) in [5.41, 5.74) is 6.05. The summed E-state index contributed by atoms with van der Waals surface area (Å²) in [5.74, 6) is 0.313. The van der Waals surface area contributed by atoms with E-state index in [9.17, 15) is 4.79 Å². The number of halogens is 1. The first-order valence-electron chi connectivity index (χ1n) is 5.18. The van der Waals surface area contributed by atoms with Crippen molar-refractivity contribution < 1.29 is 9.53 Å². The number of amides is 1. The van der Waals surface area contributed by atoms with Gasteiger partial charge >= 0.3 is 0 Å². The third-order valence-corrected chi connectivity index (χ3v) is 2.39. The molecule has 0 aliphatic rings. The number of benzene rings is 1. The van der Waals surface area contributed by atoms with Crippen LogP contribution in [0.4, 0.5) is 0 Å². The lowest BCUT2D eigenvalue weighted by molar-refractivity contribution is -0.117. The van der Waals surface area contributed by atoms with Crippen LogP contribution in [0.3, 0.4) is 0 Å². The first-order valence-corrected chi connectivity index (χ1v) is 5.61. The number of hydrogen-bond donors (Lipinski definition) is 1. The van der Waals surface area contributed by atoms with Crippen LogP contribution in [0.25, 0.3) is 0 Å². The van der Waals surface area contributed by atoms with E-state index in [-0.39, 0.29) is 6.10 Å². The van der Waals surface area contributed by atoms with Gasteiger partial charge in [0.25, 0.3) is 0 Å². The van der Waals surface area contributed by atoms with Crippen molar-refractivity contribution in [3.05, 3.63) is 29.8 Å². The molecule has 88 valence electrons. The molecule has 1 amide bonds. The summed E-state index contributed by atoms with van der Waals surface area (Å²) in [6.07, 6.45) is 0.594. The van der Waals surface area contributed by atoms with E-state index < -0.39 is 11.3 Å². The molecule has 1 aromatic rings. The largest absolute Gasteiger partial charge is 0.491 e. The van der Waals surface area contributed by atoms with Gasteiger partial charge in [-0.25, -0.2) is 0 Å². The molecule has 2 N–H and O–H groups in total. The summed E-state index contributed by atoms with van der Waals surface area (Å²) in [7, 11) is 0. The highest BCUT2D eigenvalue weighted by atomic mass is 35.5. The molecule has 0 aromatic heterocycles. The minimum atomic E-state index is -0.656. The molecule has 0 fully saturated rings. The molecule has 1 rings (SSSR count). The topological polar surface area (TPSA) is 52.3 Å². The van der Waals surface area contributed by atoms with Crippen LogP contribution in [0.1, 0.15) is 19.4 Å². The number of primary amides is 1. The highest BCUT2D eigenvalue weighted by molar-refractivity contribution is 6.30. The van der Waals surface area contributed by atoms with E-state index in [1.165, 1.54) is 0 Å². The van der Waals surface area contributed by atoms with Gasteiger partial charge in [-0.15, -0.1) is 11.6 Å². The van der Waals surface area contributed by atoms with E-state index in [2.05, 4.69) is 0 Å². The minimum Gasteiger partial charge on any atom is -0.491 e. The smallest absolute Gasteiger partial charge is 0.235 e. The number of nitrogens with two attached hydrogens (primary N) is 1. The molecule has 16 heavy (non-hydrogen) atoms. The Morgan fingerprint density at radius 3 is 2.38 bits per heavy atom. The van der Waals surface area contributed by atoms with Crippen molar-refractivity contribution in [2.24, 2.45) is 5.73 Å². The van der Waals surface area contributed by atoms with Crippen LogP contribution in [-0.4, -0.2) is 17.4 Å². The summed E-state index contributed by atoms with van der Waals surface area (Å²) >= 11 is 5.77. The molecule has 0 heterocycles. The van der Waals surface area contributed by atoms with Crippen molar-refractivity contribution in [1.29, 1.82) is 0 Å². The zero-order chi connectivity index (χ0) is 12.1. The minimum absolute atomic E-state index is 0.150. The maximum absolute atomic E-state index is 10.8. The van der Waals surface area contributed by atoms with Crippen molar-refractivity contribution >= 4 is 17.5 Å². The van der Waals surface area contributed by atoms with E-state index in [1.54, 1.807) is 0 Å². The molecule has 0 saturated heterocycles. The van der Waals surface area contributed by atoms with Gasteiger partial charge in [0, 0.05) is 0 Å². The summed E-state index contributed by atoms with van der Waals surface area (Å²) in [4.78, 5) is 10.8. The second-order valence-corrected chi connectivity index (χ2v) is 4.41. The fourth-order valence-corrected chi connectivity index (χ4v) is 1.46. The Morgan fingerprint density at radius 1 is 1.38 bits per heavy atom. The first-order chi connectivity index (χ1) is 7.49. The van der Waals surface area contributed by atoms with E-state index in [0.717, 1.165) is 11.3 Å². The van der Waals surface area contributed by atoms with Crippen molar-refractivity contribution in [2.45, 2.75) is 31.7 Å². The van der Waals surface area contributed by atoms with Gasteiger partial charge < -0.3 is 10.5 Å². The molecular weight excluding hydrogens is 226 g/mol. The first kappa shape index (κ1) is 12.8. The van der Waals surface area contributed by atoms with Gasteiger partial charge in [-0.05, 0) is 38.0 Å². The monoisotopic (exact) mass is 241 g/mol. The zero-order valence-corrected chi connectivity index (χ0v) is 10.2. The van der Waals surface area contributed by atoms with Gasteiger partial charge in [0.05, 0.1) is 6.10 Å². The average molecular weight is 242 g/mol. The van der Waals surface area contributed by atoms with Crippen molar-refractivity contribution in [3.8, 4) is 5.75 Å². The van der Waals surface area contributed by atoms with Crippen molar-refractivity contribution in [1.82, 2.24) is 0 Å². The number of alkyl halides is 1. The fraction of sp³-hybridized carbons (Fsp3) is 0.417. The van der Waals surface area contributed by atoms with Crippen molar-refractivity contribution in [2.75, 3.05) is 0 Å². The van der Waals surface area contributed by atoms with Gasteiger partial charge in [0.1, 0.15) is 11.1 Å². The SMILES string of the molecule is CC(C)Oc1ccc(CC(Cl)C(N)=O)cc1. The molecule has 0 aliphatic heterocycles. The number of carbonyl (C=O) groups excluding carboxylic acids is 1. The van der Waals surface area contributed by atoms with E-state index in [0.29, 0.717) is 6.42 Å². The van der Waals surface area contributed by atoms with Crippen LogP contribution < -0.4 is 10.5 Å². The molecule has 0 aliphatic carbocycles. The van der Waals surface area contributed by atoms with Gasteiger partial charge in [0.2, 0.25) is 5.91 Å². The molecule has 1 aromatic carbocycles. The van der Waals surface area contributed by atoms with Gasteiger partial charge in [-0.1, -0.05) is 12.1 Å². The third-order valence-electron chi connectivity index (χ3n) is 2.02. The number of hydrogen-bond acceptors (Lipinski definition) is 2. The molecule has 0 saturated carbocycles. The predicted molar refractivity (Wildman–Crippen MR) is 64.7 cm³/mol. The Kier molecular flexibility index (Phi) is 4.62. The number of carbonyl (C=O) groups is 1. The van der Waals surface area contributed by atoms with Crippen molar-refractivity contribution in [3.63, 3.8) is 0 Å². The van der Waals surface area contributed by atoms with Gasteiger partial charge in [-0.3, -0.25) is 4.79 Å². The second kappa shape index (κ2) is 5.75. The highest BCUT2D eigenvalue weighted by Gasteiger charge is 2.11. The molecule has 1 unspecified atom stereocenters. The van der Waals surface area contributed by atoms with Gasteiger partial charge in [0.15, 0.2) is 0 Å². The number of ether oxygens (including phenoxy) is 1. The molecule has 0 radical (unpaired) electrons. The quantitative estimate of drug-likeness (QED) is 0.803. The molecule has 3 nitrogen and oxygen atoms in total. The molecule has 4 heteroatoms. The lowest BCUT2D eigenvalue weighted by atomic mass is 10.1. The molecule has 0 bridgehead atoms. The van der Waals surface area contributed by atoms with Crippen LogP contribution in [0.15, 0.2) is 24.3 Å². The molecular formula is C12H16ClNO2.